The quantitative estimate of drug-likeness (QED) is 0.821. The van der Waals surface area contributed by atoms with Crippen molar-refractivity contribution in [1.29, 1.82) is 0 Å². The zero-order chi connectivity index (χ0) is 12.1. The second kappa shape index (κ2) is 6.20. The van der Waals surface area contributed by atoms with Gasteiger partial charge in [0.15, 0.2) is 0 Å². The third-order valence-electron chi connectivity index (χ3n) is 3.85. The van der Waals surface area contributed by atoms with Gasteiger partial charge >= 0.3 is 0 Å². The number of hydrogen-bond acceptors (Lipinski definition) is 2. The molecule has 1 unspecified atom stereocenters. The lowest BCUT2D eigenvalue weighted by Gasteiger charge is -2.25. The fourth-order valence-corrected chi connectivity index (χ4v) is 2.97. The molecule has 0 bridgehead atoms. The molecule has 0 aliphatic heterocycles. The Labute approximate surface area is 105 Å². The summed E-state index contributed by atoms with van der Waals surface area (Å²) in [7, 11) is 0. The number of nitrogens with zero attached hydrogens (tertiary/aromatic N) is 2. The van der Waals surface area contributed by atoms with E-state index in [9.17, 15) is 0 Å². The minimum absolute atomic E-state index is 0.514. The molecule has 1 heterocycles. The van der Waals surface area contributed by atoms with E-state index in [1.165, 1.54) is 37.8 Å². The molecular weight excluding hydrogens is 210 g/mol. The Hall–Kier alpha value is -0.830. The molecule has 1 aromatic heterocycles. The lowest BCUT2D eigenvalue weighted by atomic mass is 9.95. The van der Waals surface area contributed by atoms with Crippen molar-refractivity contribution in [3.05, 3.63) is 18.0 Å². The van der Waals surface area contributed by atoms with Crippen LogP contribution >= 0.6 is 0 Å². The van der Waals surface area contributed by atoms with Gasteiger partial charge in [-0.25, -0.2) is 0 Å². The summed E-state index contributed by atoms with van der Waals surface area (Å²) in [6, 6.07) is 2.70. The van der Waals surface area contributed by atoms with Gasteiger partial charge in [0.25, 0.3) is 0 Å². The lowest BCUT2D eigenvalue weighted by Crippen LogP contribution is -2.30. The van der Waals surface area contributed by atoms with E-state index in [0.29, 0.717) is 6.04 Å². The van der Waals surface area contributed by atoms with Crippen LogP contribution in [0.5, 0.6) is 0 Å². The molecule has 1 N–H and O–H groups in total. The molecule has 0 amide bonds. The van der Waals surface area contributed by atoms with Crippen LogP contribution in [0.3, 0.4) is 0 Å². The van der Waals surface area contributed by atoms with Gasteiger partial charge in [0.2, 0.25) is 0 Å². The molecule has 2 rings (SSSR count). The Morgan fingerprint density at radius 3 is 2.82 bits per heavy atom. The maximum atomic E-state index is 4.41. The van der Waals surface area contributed by atoms with Crippen LogP contribution in [0, 0.1) is 5.92 Å². The molecule has 3 nitrogen and oxygen atoms in total. The maximum absolute atomic E-state index is 4.41. The van der Waals surface area contributed by atoms with Gasteiger partial charge in [-0.1, -0.05) is 19.8 Å². The van der Waals surface area contributed by atoms with Gasteiger partial charge in [-0.05, 0) is 44.7 Å². The molecule has 0 aromatic carbocycles. The molecular formula is C14H25N3. The predicted molar refractivity (Wildman–Crippen MR) is 70.9 cm³/mol. The molecule has 1 aliphatic rings. The van der Waals surface area contributed by atoms with Crippen LogP contribution in [0.2, 0.25) is 0 Å². The SMILES string of the molecule is CCCNC(c1ccnn1CC)C1CCCC1. The summed E-state index contributed by atoms with van der Waals surface area (Å²) < 4.78 is 2.14. The first-order valence-corrected chi connectivity index (χ1v) is 7.11. The Balaban J connectivity index is 2.13. The Bertz CT molecular complexity index is 326. The second-order valence-corrected chi connectivity index (χ2v) is 5.05. The first-order valence-electron chi connectivity index (χ1n) is 7.11. The smallest absolute Gasteiger partial charge is 0.0556 e. The number of rotatable bonds is 6. The average molecular weight is 235 g/mol. The first kappa shape index (κ1) is 12.6. The maximum Gasteiger partial charge on any atom is 0.0556 e. The van der Waals surface area contributed by atoms with Crippen LogP contribution < -0.4 is 5.32 Å². The summed E-state index contributed by atoms with van der Waals surface area (Å²) in [5, 5.41) is 8.14. The van der Waals surface area contributed by atoms with Gasteiger partial charge in [0.1, 0.15) is 0 Å². The van der Waals surface area contributed by atoms with Crippen LogP contribution in [-0.4, -0.2) is 16.3 Å². The van der Waals surface area contributed by atoms with Gasteiger partial charge in [-0.2, -0.15) is 5.10 Å². The highest BCUT2D eigenvalue weighted by Gasteiger charge is 2.27. The van der Waals surface area contributed by atoms with Crippen molar-refractivity contribution in [3.63, 3.8) is 0 Å². The minimum Gasteiger partial charge on any atom is -0.308 e. The van der Waals surface area contributed by atoms with Gasteiger partial charge in [-0.15, -0.1) is 0 Å². The standard InChI is InChI=1S/C14H25N3/c1-3-10-15-14(12-7-5-6-8-12)13-9-11-16-17(13)4-2/h9,11-12,14-15H,3-8,10H2,1-2H3. The molecule has 0 radical (unpaired) electrons. The number of aromatic nitrogens is 2. The van der Waals surface area contributed by atoms with E-state index in [4.69, 9.17) is 0 Å². The third-order valence-corrected chi connectivity index (χ3v) is 3.85. The van der Waals surface area contributed by atoms with Gasteiger partial charge in [0.05, 0.1) is 11.7 Å². The van der Waals surface area contributed by atoms with E-state index in [1.54, 1.807) is 0 Å². The molecule has 1 fully saturated rings. The van der Waals surface area contributed by atoms with Crippen LogP contribution in [0.4, 0.5) is 0 Å². The van der Waals surface area contributed by atoms with Crippen molar-refractivity contribution in [2.24, 2.45) is 5.92 Å². The van der Waals surface area contributed by atoms with Crippen molar-refractivity contribution in [3.8, 4) is 0 Å². The van der Waals surface area contributed by atoms with Crippen LogP contribution in [0.25, 0.3) is 0 Å². The fourth-order valence-electron chi connectivity index (χ4n) is 2.97. The van der Waals surface area contributed by atoms with E-state index in [-0.39, 0.29) is 0 Å². The fraction of sp³-hybridized carbons (Fsp3) is 0.786. The lowest BCUT2D eigenvalue weighted by molar-refractivity contribution is 0.347. The van der Waals surface area contributed by atoms with Crippen LogP contribution in [-0.2, 0) is 6.54 Å². The molecule has 1 atom stereocenters. The highest BCUT2D eigenvalue weighted by atomic mass is 15.3. The number of hydrogen-bond donors (Lipinski definition) is 1. The third kappa shape index (κ3) is 2.89. The van der Waals surface area contributed by atoms with Crippen molar-refractivity contribution >= 4 is 0 Å². The predicted octanol–water partition coefficient (Wildman–Crippen LogP) is 3.13. The summed E-state index contributed by atoms with van der Waals surface area (Å²) in [6.07, 6.45) is 8.68. The van der Waals surface area contributed by atoms with E-state index in [1.807, 2.05) is 6.20 Å². The van der Waals surface area contributed by atoms with Gasteiger partial charge in [-0.3, -0.25) is 4.68 Å². The topological polar surface area (TPSA) is 29.9 Å². The van der Waals surface area contributed by atoms with E-state index in [0.717, 1.165) is 19.0 Å². The molecule has 3 heteroatoms. The largest absolute Gasteiger partial charge is 0.308 e. The Morgan fingerprint density at radius 1 is 1.41 bits per heavy atom. The summed E-state index contributed by atoms with van der Waals surface area (Å²) in [5.41, 5.74) is 1.38. The highest BCUT2D eigenvalue weighted by molar-refractivity contribution is 5.09. The molecule has 1 aliphatic carbocycles. The van der Waals surface area contributed by atoms with E-state index in [2.05, 4.69) is 35.0 Å². The Morgan fingerprint density at radius 2 is 2.18 bits per heavy atom. The summed E-state index contributed by atoms with van der Waals surface area (Å²) in [5.74, 6) is 0.809. The van der Waals surface area contributed by atoms with Crippen molar-refractivity contribution in [2.75, 3.05) is 6.54 Å². The van der Waals surface area contributed by atoms with Crippen molar-refractivity contribution in [2.45, 2.75) is 58.5 Å². The van der Waals surface area contributed by atoms with E-state index >= 15 is 0 Å². The molecule has 0 saturated heterocycles. The minimum atomic E-state index is 0.514. The van der Waals surface area contributed by atoms with Crippen LogP contribution in [0.1, 0.15) is 57.7 Å². The summed E-state index contributed by atoms with van der Waals surface area (Å²) in [4.78, 5) is 0. The molecule has 96 valence electrons. The zero-order valence-corrected chi connectivity index (χ0v) is 11.2. The van der Waals surface area contributed by atoms with E-state index < -0.39 is 0 Å². The highest BCUT2D eigenvalue weighted by Crippen LogP contribution is 2.35. The Kier molecular flexibility index (Phi) is 4.60. The summed E-state index contributed by atoms with van der Waals surface area (Å²) in [6.45, 7) is 6.48. The first-order chi connectivity index (χ1) is 8.36. The molecule has 1 saturated carbocycles. The second-order valence-electron chi connectivity index (χ2n) is 5.05. The van der Waals surface area contributed by atoms with Gasteiger partial charge < -0.3 is 5.32 Å². The monoisotopic (exact) mass is 235 g/mol. The van der Waals surface area contributed by atoms with Gasteiger partial charge in [0, 0.05) is 12.7 Å². The summed E-state index contributed by atoms with van der Waals surface area (Å²) >= 11 is 0. The normalized spacial score (nSPS) is 18.7. The number of aryl methyl sites for hydroxylation is 1. The van der Waals surface area contributed by atoms with Crippen molar-refractivity contribution < 1.29 is 0 Å². The molecule has 1 aromatic rings. The molecule has 17 heavy (non-hydrogen) atoms. The zero-order valence-electron chi connectivity index (χ0n) is 11.2. The average Bonchev–Trinajstić information content (AvgIpc) is 3.00. The van der Waals surface area contributed by atoms with Crippen LogP contribution in [0.15, 0.2) is 12.3 Å². The van der Waals surface area contributed by atoms with Crippen molar-refractivity contribution in [1.82, 2.24) is 15.1 Å². The number of nitrogens with one attached hydrogen (secondary N) is 1. The molecule has 0 spiro atoms.